The number of benzene rings is 1. The van der Waals surface area contributed by atoms with Crippen molar-refractivity contribution in [1.82, 2.24) is 25.1 Å². The van der Waals surface area contributed by atoms with Gasteiger partial charge in [-0.1, -0.05) is 12.1 Å². The molecular formula is C18H21N5O2S. The minimum absolute atomic E-state index is 0.0455. The van der Waals surface area contributed by atoms with E-state index in [0.717, 1.165) is 4.88 Å². The number of rotatable bonds is 7. The van der Waals surface area contributed by atoms with Crippen molar-refractivity contribution in [3.63, 3.8) is 0 Å². The molecule has 0 bridgehead atoms. The van der Waals surface area contributed by atoms with E-state index in [0.29, 0.717) is 23.7 Å². The van der Waals surface area contributed by atoms with Crippen LogP contribution in [0.5, 0.6) is 5.75 Å². The molecule has 0 unspecified atom stereocenters. The Hall–Kier alpha value is -2.74. The fourth-order valence-corrected chi connectivity index (χ4v) is 3.26. The molecule has 0 spiro atoms. The summed E-state index contributed by atoms with van der Waals surface area (Å²) in [5.41, 5.74) is 0.588. The normalized spacial score (nSPS) is 10.9. The first-order chi connectivity index (χ1) is 12.5. The molecule has 0 atom stereocenters. The van der Waals surface area contributed by atoms with Crippen molar-refractivity contribution in [2.75, 3.05) is 7.05 Å². The first-order valence-corrected chi connectivity index (χ1v) is 9.20. The molecule has 7 nitrogen and oxygen atoms in total. The Labute approximate surface area is 156 Å². The van der Waals surface area contributed by atoms with Gasteiger partial charge in [-0.3, -0.25) is 4.79 Å². The van der Waals surface area contributed by atoms with E-state index in [4.69, 9.17) is 4.74 Å². The topological polar surface area (TPSA) is 73.1 Å². The Morgan fingerprint density at radius 3 is 2.88 bits per heavy atom. The number of ether oxygens (including phenoxy) is 1. The maximum Gasteiger partial charge on any atom is 0.254 e. The number of tetrazole rings is 1. The van der Waals surface area contributed by atoms with Gasteiger partial charge in [-0.15, -0.1) is 16.4 Å². The second kappa shape index (κ2) is 8.09. The van der Waals surface area contributed by atoms with E-state index in [1.54, 1.807) is 40.1 Å². The SMILES string of the molecule is CC(C)n1nnnc1COc1cccc(C(=O)N(C)Cc2cccs2)c1. The molecule has 0 radical (unpaired) electrons. The molecule has 3 aromatic rings. The largest absolute Gasteiger partial charge is 0.486 e. The summed E-state index contributed by atoms with van der Waals surface area (Å²) in [4.78, 5) is 15.5. The number of hydrogen-bond acceptors (Lipinski definition) is 6. The number of carbonyl (C=O) groups excluding carboxylic acids is 1. The van der Waals surface area contributed by atoms with E-state index in [1.165, 1.54) is 0 Å². The Morgan fingerprint density at radius 1 is 1.31 bits per heavy atom. The first kappa shape index (κ1) is 18.1. The maximum atomic E-state index is 12.6. The molecule has 1 amide bonds. The van der Waals surface area contributed by atoms with E-state index in [9.17, 15) is 4.79 Å². The lowest BCUT2D eigenvalue weighted by molar-refractivity contribution is 0.0786. The Kier molecular flexibility index (Phi) is 5.62. The summed E-state index contributed by atoms with van der Waals surface area (Å²) in [5.74, 6) is 1.21. The molecule has 1 aromatic carbocycles. The number of nitrogens with zero attached hydrogens (tertiary/aromatic N) is 5. The maximum absolute atomic E-state index is 12.6. The van der Waals surface area contributed by atoms with Gasteiger partial charge in [0.25, 0.3) is 5.91 Å². The summed E-state index contributed by atoms with van der Waals surface area (Å²) >= 11 is 1.64. The lowest BCUT2D eigenvalue weighted by Gasteiger charge is -2.17. The predicted molar refractivity (Wildman–Crippen MR) is 99.1 cm³/mol. The fourth-order valence-electron chi connectivity index (χ4n) is 2.50. The highest BCUT2D eigenvalue weighted by molar-refractivity contribution is 7.09. The number of thiophene rings is 1. The van der Waals surface area contributed by atoms with E-state index >= 15 is 0 Å². The zero-order valence-corrected chi connectivity index (χ0v) is 15.8. The summed E-state index contributed by atoms with van der Waals surface area (Å²) in [6.45, 7) is 4.84. The molecule has 0 fully saturated rings. The van der Waals surface area contributed by atoms with Crippen LogP contribution in [0.4, 0.5) is 0 Å². The van der Waals surface area contributed by atoms with Crippen LogP contribution in [0.25, 0.3) is 0 Å². The standard InChI is InChI=1S/C18H21N5O2S/c1-13(2)23-17(19-20-21-23)12-25-15-7-4-6-14(10-15)18(24)22(3)11-16-8-5-9-26-16/h4-10,13H,11-12H2,1-3H3. The summed E-state index contributed by atoms with van der Waals surface area (Å²) < 4.78 is 7.50. The fraction of sp³-hybridized carbons (Fsp3) is 0.333. The van der Waals surface area contributed by atoms with Gasteiger partial charge in [0, 0.05) is 17.5 Å². The molecule has 8 heteroatoms. The molecule has 0 saturated carbocycles. The van der Waals surface area contributed by atoms with Gasteiger partial charge in [0.1, 0.15) is 12.4 Å². The van der Waals surface area contributed by atoms with Crippen molar-refractivity contribution in [3.8, 4) is 5.75 Å². The van der Waals surface area contributed by atoms with Crippen LogP contribution in [0.15, 0.2) is 41.8 Å². The second-order valence-corrected chi connectivity index (χ2v) is 7.22. The smallest absolute Gasteiger partial charge is 0.254 e. The van der Waals surface area contributed by atoms with Crippen molar-refractivity contribution in [2.24, 2.45) is 0 Å². The summed E-state index contributed by atoms with van der Waals surface area (Å²) in [6, 6.07) is 11.3. The monoisotopic (exact) mass is 371 g/mol. The third-order valence-corrected chi connectivity index (χ3v) is 4.68. The van der Waals surface area contributed by atoms with Gasteiger partial charge in [-0.05, 0) is 53.9 Å². The van der Waals surface area contributed by atoms with Gasteiger partial charge in [0.2, 0.25) is 0 Å². The molecule has 0 aliphatic carbocycles. The molecule has 26 heavy (non-hydrogen) atoms. The van der Waals surface area contributed by atoms with Crippen molar-refractivity contribution in [3.05, 3.63) is 58.0 Å². The minimum atomic E-state index is -0.0455. The van der Waals surface area contributed by atoms with Crippen molar-refractivity contribution in [1.29, 1.82) is 0 Å². The quantitative estimate of drug-likeness (QED) is 0.638. The van der Waals surface area contributed by atoms with Crippen LogP contribution in [0.2, 0.25) is 0 Å². The van der Waals surface area contributed by atoms with E-state index in [1.807, 2.05) is 43.5 Å². The molecule has 0 aliphatic rings. The second-order valence-electron chi connectivity index (χ2n) is 6.19. The Morgan fingerprint density at radius 2 is 2.15 bits per heavy atom. The molecule has 3 rings (SSSR count). The van der Waals surface area contributed by atoms with E-state index in [2.05, 4.69) is 15.5 Å². The predicted octanol–water partition coefficient (Wildman–Crippen LogP) is 3.17. The lowest BCUT2D eigenvalue weighted by atomic mass is 10.2. The van der Waals surface area contributed by atoms with Gasteiger partial charge >= 0.3 is 0 Å². The van der Waals surface area contributed by atoms with Crippen molar-refractivity contribution < 1.29 is 9.53 Å². The Balaban J connectivity index is 1.65. The third-order valence-electron chi connectivity index (χ3n) is 3.82. The molecule has 2 aromatic heterocycles. The van der Waals surface area contributed by atoms with Gasteiger partial charge in [-0.25, -0.2) is 4.68 Å². The lowest BCUT2D eigenvalue weighted by Crippen LogP contribution is -2.25. The highest BCUT2D eigenvalue weighted by Crippen LogP contribution is 2.18. The molecule has 136 valence electrons. The number of aromatic nitrogens is 4. The summed E-state index contributed by atoms with van der Waals surface area (Å²) in [7, 11) is 1.80. The molecule has 2 heterocycles. The van der Waals surface area contributed by atoms with Crippen molar-refractivity contribution in [2.45, 2.75) is 33.0 Å². The highest BCUT2D eigenvalue weighted by Gasteiger charge is 2.14. The van der Waals surface area contributed by atoms with Crippen LogP contribution in [-0.4, -0.2) is 38.1 Å². The van der Waals surface area contributed by atoms with Crippen molar-refractivity contribution >= 4 is 17.2 Å². The van der Waals surface area contributed by atoms with E-state index in [-0.39, 0.29) is 18.6 Å². The Bertz CT molecular complexity index is 860. The van der Waals surface area contributed by atoms with Crippen LogP contribution in [0, 0.1) is 0 Å². The van der Waals surface area contributed by atoms with Crippen LogP contribution in [-0.2, 0) is 13.2 Å². The highest BCUT2D eigenvalue weighted by atomic mass is 32.1. The summed E-state index contributed by atoms with van der Waals surface area (Å²) in [5, 5.41) is 13.6. The zero-order valence-electron chi connectivity index (χ0n) is 15.0. The molecule has 0 saturated heterocycles. The van der Waals surface area contributed by atoms with Crippen LogP contribution in [0.3, 0.4) is 0 Å². The molecule has 0 aliphatic heterocycles. The number of hydrogen-bond donors (Lipinski definition) is 0. The van der Waals surface area contributed by atoms with Crippen LogP contribution >= 0.6 is 11.3 Å². The first-order valence-electron chi connectivity index (χ1n) is 8.32. The molecule has 0 N–H and O–H groups in total. The summed E-state index contributed by atoms with van der Waals surface area (Å²) in [6.07, 6.45) is 0. The number of amides is 1. The zero-order chi connectivity index (χ0) is 18.5. The van der Waals surface area contributed by atoms with Gasteiger partial charge in [-0.2, -0.15) is 0 Å². The third kappa shape index (κ3) is 4.26. The van der Waals surface area contributed by atoms with Crippen LogP contribution < -0.4 is 4.74 Å². The molecular weight excluding hydrogens is 350 g/mol. The average molecular weight is 371 g/mol. The van der Waals surface area contributed by atoms with Gasteiger partial charge in [0.05, 0.1) is 12.6 Å². The van der Waals surface area contributed by atoms with Gasteiger partial charge < -0.3 is 9.64 Å². The number of carbonyl (C=O) groups is 1. The van der Waals surface area contributed by atoms with Gasteiger partial charge in [0.15, 0.2) is 5.82 Å². The van der Waals surface area contributed by atoms with Crippen LogP contribution in [0.1, 0.15) is 40.9 Å². The minimum Gasteiger partial charge on any atom is -0.486 e. The average Bonchev–Trinajstić information content (AvgIpc) is 3.31. The van der Waals surface area contributed by atoms with E-state index < -0.39 is 0 Å².